The van der Waals surface area contributed by atoms with Gasteiger partial charge >= 0.3 is 0 Å². The van der Waals surface area contributed by atoms with Crippen molar-refractivity contribution in [1.29, 1.82) is 5.26 Å². The van der Waals surface area contributed by atoms with Gasteiger partial charge in [-0.15, -0.1) is 6.58 Å². The van der Waals surface area contributed by atoms with E-state index >= 15 is 0 Å². The summed E-state index contributed by atoms with van der Waals surface area (Å²) in [4.78, 5) is 12.5. The highest BCUT2D eigenvalue weighted by Gasteiger charge is 2.41. The molecular weight excluding hydrogens is 396 g/mol. The van der Waals surface area contributed by atoms with Crippen LogP contribution < -0.4 is 4.74 Å². The molecule has 0 aliphatic carbocycles. The van der Waals surface area contributed by atoms with Gasteiger partial charge in [0.2, 0.25) is 5.88 Å². The highest BCUT2D eigenvalue weighted by molar-refractivity contribution is 5.76. The molecule has 3 heterocycles. The second-order valence-corrected chi connectivity index (χ2v) is 6.86. The lowest BCUT2D eigenvalue weighted by molar-refractivity contribution is -0.00874. The molecule has 30 heavy (non-hydrogen) atoms. The van der Waals surface area contributed by atoms with Gasteiger partial charge < -0.3 is 14.6 Å². The first-order valence-electron chi connectivity index (χ1n) is 9.09. The summed E-state index contributed by atoms with van der Waals surface area (Å²) in [6.45, 7) is 5.06. The fourth-order valence-electron chi connectivity index (χ4n) is 3.45. The van der Waals surface area contributed by atoms with E-state index in [1.54, 1.807) is 23.6 Å². The molecule has 4 rings (SSSR count). The lowest BCUT2D eigenvalue weighted by Crippen LogP contribution is -2.23. The molecular formula is C20H17F2N5O3. The van der Waals surface area contributed by atoms with Crippen LogP contribution in [0, 0.1) is 28.9 Å². The minimum absolute atomic E-state index is 0.0312. The average molecular weight is 413 g/mol. The molecule has 0 radical (unpaired) electrons. The molecule has 0 unspecified atom stereocenters. The van der Waals surface area contributed by atoms with Crippen LogP contribution in [0.2, 0.25) is 0 Å². The Bertz CT molecular complexity index is 1140. The topological polar surface area (TPSA) is 106 Å². The highest BCUT2D eigenvalue weighted by atomic mass is 19.1. The summed E-state index contributed by atoms with van der Waals surface area (Å²) in [5.41, 5.74) is 0.191. The van der Waals surface area contributed by atoms with E-state index in [2.05, 4.69) is 21.5 Å². The van der Waals surface area contributed by atoms with Crippen molar-refractivity contribution >= 4 is 11.2 Å². The van der Waals surface area contributed by atoms with E-state index in [0.29, 0.717) is 5.65 Å². The Morgan fingerprint density at radius 1 is 1.33 bits per heavy atom. The molecule has 0 spiro atoms. The number of nitrogens with zero attached hydrogens (tertiary/aromatic N) is 5. The smallest absolute Gasteiger partial charge is 0.245 e. The zero-order chi connectivity index (χ0) is 21.4. The number of rotatable bonds is 5. The van der Waals surface area contributed by atoms with Gasteiger partial charge in [-0.25, -0.2) is 18.7 Å². The summed E-state index contributed by atoms with van der Waals surface area (Å²) < 4.78 is 41.2. The minimum Gasteiger partial charge on any atom is -0.471 e. The Morgan fingerprint density at radius 2 is 2.07 bits per heavy atom. The Balaban J connectivity index is 1.64. The summed E-state index contributed by atoms with van der Waals surface area (Å²) in [6.07, 6.45) is 2.61. The molecule has 154 valence electrons. The summed E-state index contributed by atoms with van der Waals surface area (Å²) in [5, 5.41) is 19.1. The van der Waals surface area contributed by atoms with Crippen molar-refractivity contribution in [2.24, 2.45) is 5.92 Å². The van der Waals surface area contributed by atoms with Gasteiger partial charge in [0.25, 0.3) is 0 Å². The third-order valence-corrected chi connectivity index (χ3v) is 5.05. The van der Waals surface area contributed by atoms with Gasteiger partial charge in [0.05, 0.1) is 41.6 Å². The third kappa shape index (κ3) is 3.28. The number of ether oxygens (including phenoxy) is 2. The molecule has 4 atom stereocenters. The molecule has 1 aromatic carbocycles. The van der Waals surface area contributed by atoms with Crippen molar-refractivity contribution in [2.75, 3.05) is 0 Å². The molecule has 2 aromatic heterocycles. The molecule has 1 aliphatic heterocycles. The molecule has 1 fully saturated rings. The second kappa shape index (κ2) is 7.78. The largest absolute Gasteiger partial charge is 0.471 e. The first-order valence-corrected chi connectivity index (χ1v) is 9.09. The lowest BCUT2D eigenvalue weighted by atomic mass is 10.0. The van der Waals surface area contributed by atoms with Crippen molar-refractivity contribution < 1.29 is 23.4 Å². The molecule has 10 heteroatoms. The summed E-state index contributed by atoms with van der Waals surface area (Å²) in [5.74, 6) is -2.13. The van der Waals surface area contributed by atoms with Gasteiger partial charge in [-0.2, -0.15) is 10.2 Å². The predicted octanol–water partition coefficient (Wildman–Crippen LogP) is 2.64. The van der Waals surface area contributed by atoms with Crippen LogP contribution in [0.1, 0.15) is 24.3 Å². The van der Waals surface area contributed by atoms with Crippen LogP contribution in [-0.4, -0.2) is 36.8 Å². The van der Waals surface area contributed by atoms with E-state index in [1.807, 2.05) is 0 Å². The number of benzene rings is 1. The van der Waals surface area contributed by atoms with Crippen molar-refractivity contribution in [3.8, 4) is 11.9 Å². The molecule has 1 saturated heterocycles. The molecule has 0 amide bonds. The summed E-state index contributed by atoms with van der Waals surface area (Å²) >= 11 is 0. The van der Waals surface area contributed by atoms with E-state index < -0.39 is 36.7 Å². The zero-order valence-electron chi connectivity index (χ0n) is 15.9. The van der Waals surface area contributed by atoms with Gasteiger partial charge in [0.1, 0.15) is 30.8 Å². The second-order valence-electron chi connectivity index (χ2n) is 6.86. The number of hydrogen-bond donors (Lipinski definition) is 1. The molecule has 0 saturated carbocycles. The van der Waals surface area contributed by atoms with Crippen LogP contribution in [0.15, 0.2) is 37.4 Å². The Hall–Kier alpha value is -3.42. The van der Waals surface area contributed by atoms with E-state index in [-0.39, 0.29) is 28.4 Å². The normalized spacial score (nSPS) is 23.4. The van der Waals surface area contributed by atoms with E-state index in [1.165, 1.54) is 12.7 Å². The van der Waals surface area contributed by atoms with Crippen LogP contribution in [0.4, 0.5) is 8.78 Å². The fraction of sp³-hybridized carbons (Fsp3) is 0.300. The minimum atomic E-state index is -0.890. The van der Waals surface area contributed by atoms with Gasteiger partial charge in [0, 0.05) is 0 Å². The highest BCUT2D eigenvalue weighted by Crippen LogP contribution is 2.37. The van der Waals surface area contributed by atoms with E-state index in [4.69, 9.17) is 14.7 Å². The van der Waals surface area contributed by atoms with E-state index in [0.717, 1.165) is 12.1 Å². The van der Waals surface area contributed by atoms with Crippen LogP contribution in [-0.2, 0) is 11.3 Å². The number of imidazole rings is 1. The fourth-order valence-corrected chi connectivity index (χ4v) is 3.45. The standard InChI is InChI=1S/C20H17F2N5O3/c1-3-12-17(28)10(2)30-20(12)27-9-26-16-18(27)24-8-25-19(16)29-7-13-14(21)4-11(6-23)5-15(13)22/h3-5,8-10,12,17,20,28H,1,7H2,2H3/t10-,12-,17-,20-/m1/s1. The van der Waals surface area contributed by atoms with Crippen LogP contribution in [0.25, 0.3) is 11.2 Å². The SMILES string of the molecule is C=C[C@@H]1[C@H](O)[C@@H](C)O[C@H]1n1cnc2c(OCc3c(F)cc(C#N)cc3F)ncnc21. The Kier molecular flexibility index (Phi) is 5.15. The Labute approximate surface area is 170 Å². The monoisotopic (exact) mass is 413 g/mol. The van der Waals surface area contributed by atoms with Crippen LogP contribution >= 0.6 is 0 Å². The third-order valence-electron chi connectivity index (χ3n) is 5.05. The van der Waals surface area contributed by atoms with Crippen LogP contribution in [0.3, 0.4) is 0 Å². The van der Waals surface area contributed by atoms with Gasteiger partial charge in [-0.3, -0.25) is 4.57 Å². The maximum Gasteiger partial charge on any atom is 0.245 e. The molecule has 1 aliphatic rings. The maximum absolute atomic E-state index is 14.1. The van der Waals surface area contributed by atoms with Gasteiger partial charge in [0.15, 0.2) is 11.2 Å². The summed E-state index contributed by atoms with van der Waals surface area (Å²) in [7, 11) is 0. The summed E-state index contributed by atoms with van der Waals surface area (Å²) in [6, 6.07) is 3.56. The van der Waals surface area contributed by atoms with E-state index in [9.17, 15) is 13.9 Å². The quantitative estimate of drug-likeness (QED) is 0.641. The molecule has 8 nitrogen and oxygen atoms in total. The number of aliphatic hydroxyl groups is 1. The number of nitriles is 1. The lowest BCUT2D eigenvalue weighted by Gasteiger charge is -2.18. The molecule has 0 bridgehead atoms. The number of hydrogen-bond acceptors (Lipinski definition) is 7. The van der Waals surface area contributed by atoms with Crippen molar-refractivity contribution in [3.63, 3.8) is 0 Å². The van der Waals surface area contributed by atoms with Gasteiger partial charge in [-0.1, -0.05) is 6.08 Å². The first-order chi connectivity index (χ1) is 14.4. The number of aliphatic hydroxyl groups excluding tert-OH is 1. The van der Waals surface area contributed by atoms with Gasteiger partial charge in [-0.05, 0) is 19.1 Å². The van der Waals surface area contributed by atoms with Crippen molar-refractivity contribution in [1.82, 2.24) is 19.5 Å². The first kappa shape index (κ1) is 19.9. The average Bonchev–Trinajstić information content (AvgIpc) is 3.28. The number of fused-ring (bicyclic) bond motifs is 1. The molecule has 1 N–H and O–H groups in total. The molecule has 3 aromatic rings. The number of aromatic nitrogens is 4. The number of halogens is 2. The van der Waals surface area contributed by atoms with Crippen molar-refractivity contribution in [3.05, 3.63) is 60.2 Å². The predicted molar refractivity (Wildman–Crippen MR) is 100 cm³/mol. The van der Waals surface area contributed by atoms with Crippen molar-refractivity contribution in [2.45, 2.75) is 32.0 Å². The maximum atomic E-state index is 14.1. The zero-order valence-corrected chi connectivity index (χ0v) is 15.9. The van der Waals surface area contributed by atoms with Crippen LogP contribution in [0.5, 0.6) is 5.88 Å². The Morgan fingerprint density at radius 3 is 2.73 bits per heavy atom.